The third-order valence-corrected chi connectivity index (χ3v) is 3.87. The molecule has 0 spiro atoms. The van der Waals surface area contributed by atoms with Gasteiger partial charge in [0.15, 0.2) is 0 Å². The second-order valence-corrected chi connectivity index (χ2v) is 4.88. The minimum Gasteiger partial charge on any atom is -0.330 e. The van der Waals surface area contributed by atoms with Gasteiger partial charge in [-0.2, -0.15) is 0 Å². The smallest absolute Gasteiger partial charge is 0.0440 e. The van der Waals surface area contributed by atoms with Gasteiger partial charge >= 0.3 is 0 Å². The molecule has 1 aliphatic carbocycles. The van der Waals surface area contributed by atoms with Crippen LogP contribution in [0.4, 0.5) is 0 Å². The fraction of sp³-hybridized carbons (Fsp3) is 0.538. The van der Waals surface area contributed by atoms with Crippen molar-refractivity contribution >= 4 is 11.6 Å². The van der Waals surface area contributed by atoms with Crippen molar-refractivity contribution in [3.05, 3.63) is 34.9 Å². The Morgan fingerprint density at radius 2 is 1.80 bits per heavy atom. The lowest BCUT2D eigenvalue weighted by Gasteiger charge is -2.28. The molecule has 1 saturated carbocycles. The molecular weight excluding hydrogens is 206 g/mol. The maximum atomic E-state index is 6.20. The molecule has 0 amide bonds. The Kier molecular flexibility index (Phi) is 3.66. The Hall–Kier alpha value is -0.530. The molecule has 0 saturated heterocycles. The third-order valence-electron chi connectivity index (χ3n) is 3.53. The Balaban J connectivity index is 2.04. The van der Waals surface area contributed by atoms with E-state index in [2.05, 4.69) is 12.1 Å². The van der Waals surface area contributed by atoms with Gasteiger partial charge in [0.1, 0.15) is 0 Å². The Labute approximate surface area is 96.6 Å². The van der Waals surface area contributed by atoms with Crippen molar-refractivity contribution in [3.8, 4) is 0 Å². The van der Waals surface area contributed by atoms with Gasteiger partial charge < -0.3 is 5.73 Å². The van der Waals surface area contributed by atoms with Gasteiger partial charge in [-0.3, -0.25) is 0 Å². The monoisotopic (exact) mass is 223 g/mol. The number of hydrogen-bond acceptors (Lipinski definition) is 1. The van der Waals surface area contributed by atoms with E-state index in [9.17, 15) is 0 Å². The molecule has 2 heteroatoms. The van der Waals surface area contributed by atoms with E-state index in [1.54, 1.807) is 0 Å². The molecule has 1 nitrogen and oxygen atoms in total. The zero-order valence-corrected chi connectivity index (χ0v) is 9.71. The first kappa shape index (κ1) is 11.0. The van der Waals surface area contributed by atoms with E-state index in [1.165, 1.54) is 31.2 Å². The highest BCUT2D eigenvalue weighted by Crippen LogP contribution is 2.37. The van der Waals surface area contributed by atoms with Gasteiger partial charge in [0.2, 0.25) is 0 Å². The van der Waals surface area contributed by atoms with Crippen LogP contribution >= 0.6 is 11.6 Å². The summed E-state index contributed by atoms with van der Waals surface area (Å²) in [6.07, 6.45) is 5.00. The van der Waals surface area contributed by atoms with Crippen molar-refractivity contribution < 1.29 is 0 Å². The maximum Gasteiger partial charge on any atom is 0.0440 e. The van der Waals surface area contributed by atoms with Crippen LogP contribution in [-0.4, -0.2) is 6.54 Å². The van der Waals surface area contributed by atoms with E-state index >= 15 is 0 Å². The number of rotatable bonds is 2. The lowest BCUT2D eigenvalue weighted by molar-refractivity contribution is 0.333. The minimum atomic E-state index is 0.654. The molecule has 0 heterocycles. The molecule has 0 aliphatic heterocycles. The quantitative estimate of drug-likeness (QED) is 0.815. The summed E-state index contributed by atoms with van der Waals surface area (Å²) >= 11 is 6.20. The summed E-state index contributed by atoms with van der Waals surface area (Å²) in [5.41, 5.74) is 7.02. The standard InChI is InChI=1S/C13H18ClN/c14-13-4-2-1-3-12(13)11-7-5-10(9-15)6-8-11/h1-4,10-11H,5-9,15H2. The Morgan fingerprint density at radius 1 is 1.13 bits per heavy atom. The van der Waals surface area contributed by atoms with Crippen molar-refractivity contribution in [1.82, 2.24) is 0 Å². The molecule has 0 radical (unpaired) electrons. The van der Waals surface area contributed by atoms with Crippen LogP contribution in [-0.2, 0) is 0 Å². The molecule has 1 aromatic carbocycles. The van der Waals surface area contributed by atoms with Gasteiger partial charge in [-0.1, -0.05) is 29.8 Å². The Morgan fingerprint density at radius 3 is 2.40 bits per heavy atom. The van der Waals surface area contributed by atoms with Crippen molar-refractivity contribution in [3.63, 3.8) is 0 Å². The van der Waals surface area contributed by atoms with Crippen molar-refractivity contribution in [2.75, 3.05) is 6.54 Å². The van der Waals surface area contributed by atoms with E-state index < -0.39 is 0 Å². The molecular formula is C13H18ClN. The van der Waals surface area contributed by atoms with Crippen molar-refractivity contribution in [2.45, 2.75) is 31.6 Å². The predicted molar refractivity (Wildman–Crippen MR) is 65.2 cm³/mol. The van der Waals surface area contributed by atoms with Gasteiger partial charge in [-0.25, -0.2) is 0 Å². The topological polar surface area (TPSA) is 26.0 Å². The highest BCUT2D eigenvalue weighted by Gasteiger charge is 2.22. The molecule has 1 aliphatic rings. The normalized spacial score (nSPS) is 26.5. The fourth-order valence-corrected chi connectivity index (χ4v) is 2.81. The molecule has 82 valence electrons. The first-order valence-electron chi connectivity index (χ1n) is 5.75. The lowest BCUT2D eigenvalue weighted by atomic mass is 9.79. The highest BCUT2D eigenvalue weighted by molar-refractivity contribution is 6.31. The van der Waals surface area contributed by atoms with E-state index in [0.29, 0.717) is 5.92 Å². The number of halogens is 1. The van der Waals surface area contributed by atoms with Crippen LogP contribution in [0.2, 0.25) is 5.02 Å². The zero-order valence-electron chi connectivity index (χ0n) is 8.95. The summed E-state index contributed by atoms with van der Waals surface area (Å²) in [5.74, 6) is 1.39. The minimum absolute atomic E-state index is 0.654. The van der Waals surface area contributed by atoms with Crippen LogP contribution in [0.25, 0.3) is 0 Å². The highest BCUT2D eigenvalue weighted by atomic mass is 35.5. The van der Waals surface area contributed by atoms with E-state index in [-0.39, 0.29) is 0 Å². The second kappa shape index (κ2) is 5.00. The number of benzene rings is 1. The van der Waals surface area contributed by atoms with Gasteiger partial charge in [-0.05, 0) is 55.7 Å². The largest absolute Gasteiger partial charge is 0.330 e. The summed E-state index contributed by atoms with van der Waals surface area (Å²) in [4.78, 5) is 0. The summed E-state index contributed by atoms with van der Waals surface area (Å²) in [7, 11) is 0. The molecule has 15 heavy (non-hydrogen) atoms. The SMILES string of the molecule is NCC1CCC(c2ccccc2Cl)CC1. The molecule has 0 aromatic heterocycles. The molecule has 2 rings (SSSR count). The van der Waals surface area contributed by atoms with Crippen molar-refractivity contribution in [2.24, 2.45) is 11.7 Å². The second-order valence-electron chi connectivity index (χ2n) is 4.47. The third kappa shape index (κ3) is 2.53. The summed E-state index contributed by atoms with van der Waals surface area (Å²) in [6, 6.07) is 8.23. The first-order valence-corrected chi connectivity index (χ1v) is 6.13. The molecule has 1 fully saturated rings. The summed E-state index contributed by atoms with van der Waals surface area (Å²) < 4.78 is 0. The van der Waals surface area contributed by atoms with Gasteiger partial charge in [0, 0.05) is 5.02 Å². The van der Waals surface area contributed by atoms with Crippen LogP contribution in [0.1, 0.15) is 37.2 Å². The predicted octanol–water partition coefficient (Wildman–Crippen LogP) is 3.57. The van der Waals surface area contributed by atoms with E-state index in [4.69, 9.17) is 17.3 Å². The zero-order chi connectivity index (χ0) is 10.7. The van der Waals surface area contributed by atoms with Crippen LogP contribution in [0.5, 0.6) is 0 Å². The number of nitrogens with two attached hydrogens (primary N) is 1. The van der Waals surface area contributed by atoms with Crippen LogP contribution in [0.15, 0.2) is 24.3 Å². The lowest BCUT2D eigenvalue weighted by Crippen LogP contribution is -2.20. The van der Waals surface area contributed by atoms with E-state index in [1.807, 2.05) is 12.1 Å². The Bertz CT molecular complexity index is 316. The average Bonchev–Trinajstić information content (AvgIpc) is 2.30. The van der Waals surface area contributed by atoms with Gasteiger partial charge in [0.05, 0.1) is 0 Å². The van der Waals surface area contributed by atoms with E-state index in [0.717, 1.165) is 17.5 Å². The van der Waals surface area contributed by atoms with Crippen LogP contribution in [0, 0.1) is 5.92 Å². The maximum absolute atomic E-state index is 6.20. The van der Waals surface area contributed by atoms with Gasteiger partial charge in [-0.15, -0.1) is 0 Å². The molecule has 1 aromatic rings. The molecule has 2 N–H and O–H groups in total. The van der Waals surface area contributed by atoms with Gasteiger partial charge in [0.25, 0.3) is 0 Å². The molecule has 0 bridgehead atoms. The van der Waals surface area contributed by atoms with Crippen molar-refractivity contribution in [1.29, 1.82) is 0 Å². The molecule has 0 unspecified atom stereocenters. The molecule has 0 atom stereocenters. The van der Waals surface area contributed by atoms with Crippen LogP contribution in [0.3, 0.4) is 0 Å². The fourth-order valence-electron chi connectivity index (χ4n) is 2.52. The van der Waals surface area contributed by atoms with Crippen LogP contribution < -0.4 is 5.73 Å². The number of hydrogen-bond donors (Lipinski definition) is 1. The first-order chi connectivity index (χ1) is 7.31. The average molecular weight is 224 g/mol. The summed E-state index contributed by atoms with van der Waals surface area (Å²) in [5, 5.41) is 0.925. The summed E-state index contributed by atoms with van der Waals surface area (Å²) in [6.45, 7) is 0.843.